The number of rotatable bonds is 4. The van der Waals surface area contributed by atoms with E-state index in [1.165, 1.54) is 6.07 Å². The Hall–Kier alpha value is -3.04. The molecule has 0 bridgehead atoms. The maximum atomic E-state index is 13.1. The summed E-state index contributed by atoms with van der Waals surface area (Å²) in [6.07, 6.45) is 8.96. The van der Waals surface area contributed by atoms with Crippen molar-refractivity contribution in [1.82, 2.24) is 0 Å². The molecule has 2 saturated heterocycles. The highest BCUT2D eigenvalue weighted by molar-refractivity contribution is 9.10. The lowest BCUT2D eigenvalue weighted by atomic mass is 9.66. The Morgan fingerprint density at radius 1 is 0.974 bits per heavy atom. The molecule has 0 unspecified atom stereocenters. The van der Waals surface area contributed by atoms with Gasteiger partial charge in [0.25, 0.3) is 5.69 Å². The Morgan fingerprint density at radius 3 is 2.32 bits per heavy atom. The van der Waals surface area contributed by atoms with Crippen LogP contribution in [0.4, 0.5) is 17.1 Å². The van der Waals surface area contributed by atoms with Crippen LogP contribution in [0.5, 0.6) is 0 Å². The number of fused-ring (bicyclic) bond motifs is 2. The van der Waals surface area contributed by atoms with Crippen molar-refractivity contribution >= 4 is 44.8 Å². The second-order valence-corrected chi connectivity index (χ2v) is 11.9. The minimum atomic E-state index is -0.806. The fourth-order valence-corrected chi connectivity index (χ4v) is 7.38. The number of nitro benzene ring substituents is 1. The predicted octanol–water partition coefficient (Wildman–Crippen LogP) is 5.69. The average Bonchev–Trinajstić information content (AvgIpc) is 3.17. The van der Waals surface area contributed by atoms with Crippen LogP contribution in [-0.4, -0.2) is 34.0 Å². The van der Waals surface area contributed by atoms with E-state index in [2.05, 4.69) is 15.9 Å². The standard InChI is InChI=1S/C29H30BrN3O5/c30-19-10-8-18(9-11-19)26-23-7-3-4-14-29(23,36)15-16-31(26)24-13-12-20(17-25(24)33(37)38)32-27(34)21-5-1-2-6-22(21)28(32)35/h1-2,8-13,17,21-23,26,36H,3-7,14-16H2/t21-,22+,23-,26+,29+/m0/s1. The summed E-state index contributed by atoms with van der Waals surface area (Å²) >= 11 is 3.50. The zero-order chi connectivity index (χ0) is 26.6. The van der Waals surface area contributed by atoms with Crippen LogP contribution in [0.3, 0.4) is 0 Å². The number of nitro groups is 1. The van der Waals surface area contributed by atoms with Gasteiger partial charge in [-0.15, -0.1) is 0 Å². The second kappa shape index (κ2) is 9.61. The summed E-state index contributed by atoms with van der Waals surface area (Å²) in [5.41, 5.74) is 0.742. The number of carbonyl (C=O) groups excluding carboxylic acids is 2. The lowest BCUT2D eigenvalue weighted by Crippen LogP contribution is -2.55. The molecule has 4 aliphatic rings. The minimum absolute atomic E-state index is 0.0668. The average molecular weight is 580 g/mol. The van der Waals surface area contributed by atoms with Crippen molar-refractivity contribution in [1.29, 1.82) is 0 Å². The van der Waals surface area contributed by atoms with Crippen LogP contribution in [0, 0.1) is 27.9 Å². The van der Waals surface area contributed by atoms with Crippen LogP contribution in [-0.2, 0) is 9.59 Å². The Balaban J connectivity index is 1.41. The van der Waals surface area contributed by atoms with Gasteiger partial charge in [-0.1, -0.05) is 53.1 Å². The van der Waals surface area contributed by atoms with Crippen molar-refractivity contribution in [2.75, 3.05) is 16.3 Å². The number of imide groups is 1. The normalized spacial score (nSPS) is 30.8. The molecule has 0 spiro atoms. The van der Waals surface area contributed by atoms with Gasteiger partial charge in [-0.25, -0.2) is 4.90 Å². The first kappa shape index (κ1) is 25.2. The van der Waals surface area contributed by atoms with Crippen LogP contribution in [0.2, 0.25) is 0 Å². The molecule has 9 heteroatoms. The van der Waals surface area contributed by atoms with Gasteiger partial charge in [0.1, 0.15) is 5.69 Å². The molecular formula is C29H30BrN3O5. The highest BCUT2D eigenvalue weighted by Gasteiger charge is 2.51. The number of amides is 2. The number of halogens is 1. The van der Waals surface area contributed by atoms with Crippen molar-refractivity contribution in [3.05, 3.63) is 74.8 Å². The van der Waals surface area contributed by atoms with E-state index in [1.54, 1.807) is 12.1 Å². The molecule has 2 aliphatic carbocycles. The molecule has 8 nitrogen and oxygen atoms in total. The molecule has 2 heterocycles. The van der Waals surface area contributed by atoms with Crippen LogP contribution >= 0.6 is 15.9 Å². The van der Waals surface area contributed by atoms with E-state index in [1.807, 2.05) is 41.3 Å². The van der Waals surface area contributed by atoms with Crippen LogP contribution in [0.1, 0.15) is 56.6 Å². The third-order valence-corrected chi connectivity index (χ3v) is 9.54. The summed E-state index contributed by atoms with van der Waals surface area (Å²) in [5.74, 6) is -1.45. The Kier molecular flexibility index (Phi) is 6.39. The largest absolute Gasteiger partial charge is 0.389 e. The fraction of sp³-hybridized carbons (Fsp3) is 0.448. The van der Waals surface area contributed by atoms with Crippen molar-refractivity contribution < 1.29 is 19.6 Å². The van der Waals surface area contributed by atoms with Crippen LogP contribution in [0.15, 0.2) is 59.1 Å². The number of piperidine rings is 1. The van der Waals surface area contributed by atoms with Crippen molar-refractivity contribution in [3.8, 4) is 0 Å². The molecule has 2 aromatic carbocycles. The first-order valence-corrected chi connectivity index (χ1v) is 14.1. The Bertz CT molecular complexity index is 1300. The molecule has 198 valence electrons. The van der Waals surface area contributed by atoms with E-state index >= 15 is 0 Å². The third kappa shape index (κ3) is 4.07. The van der Waals surface area contributed by atoms with Crippen molar-refractivity contribution in [2.24, 2.45) is 17.8 Å². The first-order valence-electron chi connectivity index (χ1n) is 13.3. The molecule has 1 saturated carbocycles. The van der Waals surface area contributed by atoms with E-state index in [0.29, 0.717) is 31.5 Å². The maximum Gasteiger partial charge on any atom is 0.294 e. The smallest absolute Gasteiger partial charge is 0.294 e. The molecule has 2 amide bonds. The molecule has 0 radical (unpaired) electrons. The van der Waals surface area contributed by atoms with Gasteiger partial charge in [0.2, 0.25) is 11.8 Å². The van der Waals surface area contributed by atoms with E-state index in [-0.39, 0.29) is 35.1 Å². The molecule has 6 rings (SSSR count). The van der Waals surface area contributed by atoms with Crippen LogP contribution < -0.4 is 9.80 Å². The van der Waals surface area contributed by atoms with Crippen molar-refractivity contribution in [2.45, 2.75) is 56.6 Å². The Labute approximate surface area is 229 Å². The summed E-state index contributed by atoms with van der Waals surface area (Å²) in [5, 5.41) is 24.0. The zero-order valence-corrected chi connectivity index (χ0v) is 22.5. The summed E-state index contributed by atoms with van der Waals surface area (Å²) in [4.78, 5) is 41.4. The highest BCUT2D eigenvalue weighted by atomic mass is 79.9. The maximum absolute atomic E-state index is 13.1. The number of nitrogens with zero attached hydrogens (tertiary/aromatic N) is 3. The fourth-order valence-electron chi connectivity index (χ4n) is 7.12. The third-order valence-electron chi connectivity index (χ3n) is 9.01. The SMILES string of the molecule is O=C1[C@H]2CC=CC[C@H]2C(=O)N1c1ccc(N2CC[C@]3(O)CCCC[C@H]3[C@H]2c2ccc(Br)cc2)c([N+](=O)[O-])c1. The van der Waals surface area contributed by atoms with E-state index in [0.717, 1.165) is 40.6 Å². The van der Waals surface area contributed by atoms with Gasteiger partial charge in [0, 0.05) is 23.0 Å². The van der Waals surface area contributed by atoms with Gasteiger partial charge >= 0.3 is 0 Å². The van der Waals surface area contributed by atoms with E-state index in [4.69, 9.17) is 0 Å². The number of allylic oxidation sites excluding steroid dienone is 2. The van der Waals surface area contributed by atoms with Crippen LogP contribution in [0.25, 0.3) is 0 Å². The van der Waals surface area contributed by atoms with Gasteiger partial charge in [0.15, 0.2) is 0 Å². The quantitative estimate of drug-likeness (QED) is 0.216. The number of benzene rings is 2. The molecule has 3 fully saturated rings. The number of carbonyl (C=O) groups is 2. The van der Waals surface area contributed by atoms with E-state index in [9.17, 15) is 24.8 Å². The molecular weight excluding hydrogens is 550 g/mol. The van der Waals surface area contributed by atoms with Gasteiger partial charge < -0.3 is 10.0 Å². The van der Waals surface area contributed by atoms with Gasteiger partial charge in [-0.2, -0.15) is 0 Å². The van der Waals surface area contributed by atoms with E-state index < -0.39 is 22.4 Å². The van der Waals surface area contributed by atoms with Gasteiger partial charge in [-0.05, 0) is 61.9 Å². The number of hydrogen-bond acceptors (Lipinski definition) is 6. The lowest BCUT2D eigenvalue weighted by molar-refractivity contribution is -0.384. The number of aliphatic hydroxyl groups is 1. The summed E-state index contributed by atoms with van der Waals surface area (Å²) in [7, 11) is 0. The first-order chi connectivity index (χ1) is 18.3. The summed E-state index contributed by atoms with van der Waals surface area (Å²) in [6, 6.07) is 12.4. The topological polar surface area (TPSA) is 104 Å². The molecule has 2 aliphatic heterocycles. The molecule has 5 atom stereocenters. The monoisotopic (exact) mass is 579 g/mol. The summed E-state index contributed by atoms with van der Waals surface area (Å²) in [6.45, 7) is 0.464. The van der Waals surface area contributed by atoms with Gasteiger partial charge in [0.05, 0.1) is 34.1 Å². The van der Waals surface area contributed by atoms with Crippen molar-refractivity contribution in [3.63, 3.8) is 0 Å². The molecule has 0 aromatic heterocycles. The Morgan fingerprint density at radius 2 is 1.66 bits per heavy atom. The summed E-state index contributed by atoms with van der Waals surface area (Å²) < 4.78 is 0.938. The lowest BCUT2D eigenvalue weighted by Gasteiger charge is -2.53. The minimum Gasteiger partial charge on any atom is -0.389 e. The molecule has 1 N–H and O–H groups in total. The predicted molar refractivity (Wildman–Crippen MR) is 147 cm³/mol. The second-order valence-electron chi connectivity index (χ2n) is 11.0. The highest BCUT2D eigenvalue weighted by Crippen LogP contribution is 2.52. The molecule has 38 heavy (non-hydrogen) atoms. The zero-order valence-electron chi connectivity index (χ0n) is 21.0. The number of hydrogen-bond donors (Lipinski definition) is 1. The number of anilines is 2. The molecule has 2 aromatic rings. The van der Waals surface area contributed by atoms with Gasteiger partial charge in [-0.3, -0.25) is 19.7 Å².